The summed E-state index contributed by atoms with van der Waals surface area (Å²) < 4.78 is 6.42. The number of carbonyl (C=O) groups is 1. The molecule has 0 aliphatic heterocycles. The van der Waals surface area contributed by atoms with Crippen molar-refractivity contribution in [2.75, 3.05) is 6.61 Å². The number of hydrogen-bond donors (Lipinski definition) is 0. The van der Waals surface area contributed by atoms with Crippen molar-refractivity contribution in [3.8, 4) is 0 Å². The molecule has 0 saturated carbocycles. The number of rotatable bonds is 12. The third kappa shape index (κ3) is 13.9. The van der Waals surface area contributed by atoms with Crippen LogP contribution in [0.5, 0.6) is 0 Å². The average molecular weight is 428 g/mol. The van der Waals surface area contributed by atoms with Gasteiger partial charge in [-0.3, -0.25) is 0 Å². The highest BCUT2D eigenvalue weighted by atomic mass is 79.9. The molecule has 0 fully saturated rings. The molecule has 0 rings (SSSR count). The fourth-order valence-electron chi connectivity index (χ4n) is 2.39. The Bertz CT molecular complexity index is 270. The maximum atomic E-state index is 10.5. The van der Waals surface area contributed by atoms with Crippen LogP contribution in [-0.2, 0) is 9.53 Å². The topological polar surface area (TPSA) is 26.3 Å². The Balaban J connectivity index is 4.35. The van der Waals surface area contributed by atoms with E-state index in [9.17, 15) is 4.79 Å². The lowest BCUT2D eigenvalue weighted by Gasteiger charge is -2.32. The minimum Gasteiger partial charge on any atom is -0.375 e. The summed E-state index contributed by atoms with van der Waals surface area (Å²) in [5.74, 6) is 0. The van der Waals surface area contributed by atoms with Gasteiger partial charge in [0, 0.05) is 15.1 Å². The standard InChI is InChI=1S/C17H32Br2O2/c1-15(2,18)9-6-11-17(5,21-14-8-13-20)12-7-10-16(3,4)19/h13H,6-12,14H2,1-5H3. The van der Waals surface area contributed by atoms with Crippen molar-refractivity contribution in [1.82, 2.24) is 0 Å². The van der Waals surface area contributed by atoms with Crippen LogP contribution in [0.4, 0.5) is 0 Å². The summed E-state index contributed by atoms with van der Waals surface area (Å²) in [7, 11) is 0. The third-order valence-corrected chi connectivity index (χ3v) is 4.43. The first-order valence-corrected chi connectivity index (χ1v) is 9.51. The molecule has 0 radical (unpaired) electrons. The van der Waals surface area contributed by atoms with Gasteiger partial charge in [0.2, 0.25) is 0 Å². The van der Waals surface area contributed by atoms with E-state index in [0.29, 0.717) is 13.0 Å². The summed E-state index contributed by atoms with van der Waals surface area (Å²) >= 11 is 7.39. The summed E-state index contributed by atoms with van der Waals surface area (Å²) in [4.78, 5) is 10.5. The first-order valence-electron chi connectivity index (χ1n) is 7.93. The summed E-state index contributed by atoms with van der Waals surface area (Å²) in [5.41, 5.74) is -0.112. The van der Waals surface area contributed by atoms with Crippen LogP contribution in [0.25, 0.3) is 0 Å². The van der Waals surface area contributed by atoms with Crippen molar-refractivity contribution in [1.29, 1.82) is 0 Å². The van der Waals surface area contributed by atoms with Crippen LogP contribution in [0, 0.1) is 0 Å². The van der Waals surface area contributed by atoms with Crippen LogP contribution in [-0.4, -0.2) is 27.1 Å². The number of ether oxygens (including phenoxy) is 1. The normalized spacial score (nSPS) is 13.5. The summed E-state index contributed by atoms with van der Waals surface area (Å²) in [5, 5.41) is 0. The first kappa shape index (κ1) is 21.6. The molecule has 0 spiro atoms. The quantitative estimate of drug-likeness (QED) is 0.215. The van der Waals surface area contributed by atoms with Crippen LogP contribution in [0.15, 0.2) is 0 Å². The lowest BCUT2D eigenvalue weighted by Crippen LogP contribution is -2.30. The van der Waals surface area contributed by atoms with Gasteiger partial charge in [-0.25, -0.2) is 0 Å². The Morgan fingerprint density at radius 1 is 0.857 bits per heavy atom. The van der Waals surface area contributed by atoms with E-state index in [0.717, 1.165) is 44.8 Å². The molecule has 0 aliphatic rings. The third-order valence-electron chi connectivity index (χ3n) is 3.64. The Morgan fingerprint density at radius 3 is 1.62 bits per heavy atom. The second kappa shape index (κ2) is 9.67. The van der Waals surface area contributed by atoms with E-state index in [4.69, 9.17) is 4.74 Å². The van der Waals surface area contributed by atoms with Gasteiger partial charge in [-0.15, -0.1) is 0 Å². The van der Waals surface area contributed by atoms with Crippen LogP contribution < -0.4 is 0 Å². The van der Waals surface area contributed by atoms with E-state index in [1.807, 2.05) is 0 Å². The molecule has 0 unspecified atom stereocenters. The number of carbonyl (C=O) groups excluding carboxylic acids is 1. The van der Waals surface area contributed by atoms with Gasteiger partial charge in [0.05, 0.1) is 12.2 Å². The maximum absolute atomic E-state index is 10.5. The van der Waals surface area contributed by atoms with E-state index in [1.54, 1.807) is 0 Å². The van der Waals surface area contributed by atoms with Gasteiger partial charge in [0.15, 0.2) is 0 Å². The molecule has 126 valence electrons. The lowest BCUT2D eigenvalue weighted by molar-refractivity contribution is -0.111. The molecule has 0 N–H and O–H groups in total. The van der Waals surface area contributed by atoms with Crippen LogP contribution in [0.3, 0.4) is 0 Å². The predicted octanol–water partition coefficient (Wildman–Crippen LogP) is 6.04. The van der Waals surface area contributed by atoms with Gasteiger partial charge in [-0.2, -0.15) is 0 Å². The summed E-state index contributed by atoms with van der Waals surface area (Å²) in [6, 6.07) is 0. The molecule has 0 heterocycles. The molecule has 0 saturated heterocycles. The van der Waals surface area contributed by atoms with Crippen molar-refractivity contribution < 1.29 is 9.53 Å². The minimum absolute atomic E-state index is 0.112. The van der Waals surface area contributed by atoms with Gasteiger partial charge in [-0.1, -0.05) is 59.6 Å². The summed E-state index contributed by atoms with van der Waals surface area (Å²) in [6.45, 7) is 11.5. The molecule has 21 heavy (non-hydrogen) atoms. The number of aldehydes is 1. The van der Waals surface area contributed by atoms with Gasteiger partial charge < -0.3 is 9.53 Å². The Morgan fingerprint density at radius 2 is 1.29 bits per heavy atom. The van der Waals surface area contributed by atoms with Crippen LogP contribution in [0.2, 0.25) is 0 Å². The monoisotopic (exact) mass is 426 g/mol. The Labute approximate surface area is 148 Å². The SMILES string of the molecule is CC(C)(Br)CCCC(C)(CCCC(C)(C)Br)OCCC=O. The number of alkyl halides is 2. The number of halogens is 2. The highest BCUT2D eigenvalue weighted by Gasteiger charge is 2.26. The molecule has 4 heteroatoms. The molecule has 0 aromatic rings. The second-order valence-electron chi connectivity index (χ2n) is 7.40. The van der Waals surface area contributed by atoms with E-state index < -0.39 is 0 Å². The fourth-order valence-corrected chi connectivity index (χ4v) is 2.95. The van der Waals surface area contributed by atoms with Gasteiger partial charge in [0.25, 0.3) is 0 Å². The smallest absolute Gasteiger partial charge is 0.122 e. The van der Waals surface area contributed by atoms with E-state index in [1.165, 1.54) is 0 Å². The summed E-state index contributed by atoms with van der Waals surface area (Å²) in [6.07, 6.45) is 8.04. The molecular formula is C17H32Br2O2. The zero-order chi connectivity index (χ0) is 16.6. The lowest BCUT2D eigenvalue weighted by atomic mass is 9.89. The zero-order valence-corrected chi connectivity index (χ0v) is 17.5. The molecule has 0 bridgehead atoms. The van der Waals surface area contributed by atoms with Crippen molar-refractivity contribution >= 4 is 38.1 Å². The van der Waals surface area contributed by atoms with Crippen molar-refractivity contribution in [3.63, 3.8) is 0 Å². The van der Waals surface area contributed by atoms with Crippen molar-refractivity contribution in [3.05, 3.63) is 0 Å². The zero-order valence-electron chi connectivity index (χ0n) is 14.3. The van der Waals surface area contributed by atoms with Gasteiger partial charge in [-0.05, 0) is 45.4 Å². The highest BCUT2D eigenvalue weighted by molar-refractivity contribution is 9.10. The van der Waals surface area contributed by atoms with Crippen LogP contribution >= 0.6 is 31.9 Å². The molecule has 0 atom stereocenters. The highest BCUT2D eigenvalue weighted by Crippen LogP contribution is 2.32. The van der Waals surface area contributed by atoms with E-state index in [2.05, 4.69) is 66.5 Å². The largest absolute Gasteiger partial charge is 0.375 e. The second-order valence-corrected chi connectivity index (χ2v) is 11.7. The molecule has 0 amide bonds. The minimum atomic E-state index is -0.112. The molecular weight excluding hydrogens is 396 g/mol. The Kier molecular flexibility index (Phi) is 9.94. The maximum Gasteiger partial charge on any atom is 0.122 e. The fraction of sp³-hybridized carbons (Fsp3) is 0.941. The molecule has 2 nitrogen and oxygen atoms in total. The molecule has 0 aromatic carbocycles. The van der Waals surface area contributed by atoms with Crippen LogP contribution in [0.1, 0.15) is 79.6 Å². The van der Waals surface area contributed by atoms with Gasteiger partial charge >= 0.3 is 0 Å². The van der Waals surface area contributed by atoms with Crippen molar-refractivity contribution in [2.45, 2.75) is 93.8 Å². The first-order chi connectivity index (χ1) is 9.47. The Hall–Kier alpha value is 0.590. The molecule has 0 aromatic heterocycles. The van der Waals surface area contributed by atoms with E-state index in [-0.39, 0.29) is 14.2 Å². The van der Waals surface area contributed by atoms with E-state index >= 15 is 0 Å². The molecule has 0 aliphatic carbocycles. The number of hydrogen-bond acceptors (Lipinski definition) is 2. The average Bonchev–Trinajstić information content (AvgIpc) is 2.25. The van der Waals surface area contributed by atoms with Gasteiger partial charge in [0.1, 0.15) is 6.29 Å². The van der Waals surface area contributed by atoms with Crippen molar-refractivity contribution in [2.24, 2.45) is 0 Å². The predicted molar refractivity (Wildman–Crippen MR) is 98.8 cm³/mol.